The minimum Gasteiger partial charge on any atom is -0.469 e. The molecule has 1 rings (SSSR count). The Bertz CT molecular complexity index is 490. The van der Waals surface area contributed by atoms with Crippen molar-refractivity contribution in [2.24, 2.45) is 0 Å². The number of ether oxygens (including phenoxy) is 1. The quantitative estimate of drug-likeness (QED) is 0.477. The summed E-state index contributed by atoms with van der Waals surface area (Å²) >= 11 is 2.50. The third-order valence-corrected chi connectivity index (χ3v) is 2.70. The van der Waals surface area contributed by atoms with Gasteiger partial charge in [-0.3, -0.25) is 4.79 Å². The lowest BCUT2D eigenvalue weighted by Crippen LogP contribution is -2.14. The van der Waals surface area contributed by atoms with E-state index in [4.69, 9.17) is 0 Å². The average Bonchev–Trinajstić information content (AvgIpc) is 2.25. The molecule has 3 nitrogen and oxygen atoms in total. The zero-order chi connectivity index (χ0) is 14.8. The number of esters is 1. The summed E-state index contributed by atoms with van der Waals surface area (Å²) in [6.07, 6.45) is -8.80. The number of carbonyl (C=O) groups is 1. The molecular formula is C10H7BrF5NO2. The van der Waals surface area contributed by atoms with E-state index in [0.29, 0.717) is 6.07 Å². The number of alkyl halides is 5. The second-order valence-corrected chi connectivity index (χ2v) is 4.17. The first-order valence-electron chi connectivity index (χ1n) is 4.78. The number of rotatable bonds is 3. The number of halogens is 6. The Hall–Kier alpha value is -1.25. The van der Waals surface area contributed by atoms with E-state index < -0.39 is 40.7 Å². The predicted octanol–water partition coefficient (Wildman–Crippen LogP) is 3.52. The van der Waals surface area contributed by atoms with E-state index in [1.165, 1.54) is 0 Å². The highest BCUT2D eigenvalue weighted by Gasteiger charge is 2.39. The molecule has 1 heterocycles. The lowest BCUT2D eigenvalue weighted by molar-refractivity contribution is -0.140. The van der Waals surface area contributed by atoms with Gasteiger partial charge in [-0.2, -0.15) is 13.2 Å². The maximum atomic E-state index is 12.7. The lowest BCUT2D eigenvalue weighted by atomic mass is 10.1. The topological polar surface area (TPSA) is 39.2 Å². The van der Waals surface area contributed by atoms with E-state index in [-0.39, 0.29) is 5.69 Å². The Morgan fingerprint density at radius 2 is 2.05 bits per heavy atom. The van der Waals surface area contributed by atoms with Crippen LogP contribution in [0.25, 0.3) is 0 Å². The number of pyridine rings is 1. The second-order valence-electron chi connectivity index (χ2n) is 3.42. The summed E-state index contributed by atoms with van der Waals surface area (Å²) in [5, 5.41) is 0. The molecular weight excluding hydrogens is 341 g/mol. The minimum atomic E-state index is -4.97. The maximum absolute atomic E-state index is 12.7. The fourth-order valence-electron chi connectivity index (χ4n) is 1.35. The number of carbonyl (C=O) groups excluding carboxylic acids is 1. The standard InChI is InChI=1S/C10H7BrF5NO2/c1-19-6(18)3-4-2-5(9(12)13)7(8(11)17-4)10(14,15)16/h2,9H,3H2,1H3. The van der Waals surface area contributed by atoms with Crippen LogP contribution < -0.4 is 0 Å². The van der Waals surface area contributed by atoms with Crippen LogP contribution in [0.15, 0.2) is 10.7 Å². The Morgan fingerprint density at radius 3 is 2.47 bits per heavy atom. The van der Waals surface area contributed by atoms with Gasteiger partial charge in [0, 0.05) is 5.56 Å². The van der Waals surface area contributed by atoms with Gasteiger partial charge in [0.2, 0.25) is 0 Å². The van der Waals surface area contributed by atoms with Gasteiger partial charge in [-0.15, -0.1) is 0 Å². The molecule has 0 radical (unpaired) electrons. The molecule has 0 atom stereocenters. The zero-order valence-electron chi connectivity index (χ0n) is 9.39. The SMILES string of the molecule is COC(=O)Cc1cc(C(F)F)c(C(F)(F)F)c(Br)n1. The van der Waals surface area contributed by atoms with Crippen molar-refractivity contribution < 1.29 is 31.5 Å². The van der Waals surface area contributed by atoms with E-state index in [9.17, 15) is 26.7 Å². The average molecular weight is 348 g/mol. The van der Waals surface area contributed by atoms with Crippen molar-refractivity contribution in [3.63, 3.8) is 0 Å². The molecule has 106 valence electrons. The second kappa shape index (κ2) is 5.81. The van der Waals surface area contributed by atoms with Gasteiger partial charge in [-0.25, -0.2) is 13.8 Å². The van der Waals surface area contributed by atoms with Gasteiger partial charge in [0.15, 0.2) is 0 Å². The third kappa shape index (κ3) is 3.85. The Balaban J connectivity index is 3.34. The number of hydrogen-bond donors (Lipinski definition) is 0. The van der Waals surface area contributed by atoms with Crippen molar-refractivity contribution in [1.82, 2.24) is 4.98 Å². The van der Waals surface area contributed by atoms with Crippen LogP contribution in [-0.2, 0) is 22.1 Å². The van der Waals surface area contributed by atoms with Crippen LogP contribution in [0.4, 0.5) is 22.0 Å². The van der Waals surface area contributed by atoms with Gasteiger partial charge < -0.3 is 4.74 Å². The highest BCUT2D eigenvalue weighted by atomic mass is 79.9. The molecule has 1 aromatic heterocycles. The van der Waals surface area contributed by atoms with Crippen LogP contribution in [-0.4, -0.2) is 18.1 Å². The van der Waals surface area contributed by atoms with Crippen LogP contribution in [0, 0.1) is 0 Å². The van der Waals surface area contributed by atoms with Gasteiger partial charge in [0.05, 0.1) is 24.8 Å². The van der Waals surface area contributed by atoms with Crippen LogP contribution in [0.5, 0.6) is 0 Å². The van der Waals surface area contributed by atoms with Crippen molar-refractivity contribution in [3.05, 3.63) is 27.5 Å². The van der Waals surface area contributed by atoms with Crippen LogP contribution in [0.2, 0.25) is 0 Å². The number of methoxy groups -OCH3 is 1. The molecule has 0 unspecified atom stereocenters. The number of aromatic nitrogens is 1. The van der Waals surface area contributed by atoms with Crippen LogP contribution >= 0.6 is 15.9 Å². The van der Waals surface area contributed by atoms with E-state index in [1.807, 2.05) is 0 Å². The third-order valence-electron chi connectivity index (χ3n) is 2.13. The molecule has 9 heteroatoms. The highest BCUT2D eigenvalue weighted by molar-refractivity contribution is 9.10. The maximum Gasteiger partial charge on any atom is 0.419 e. The molecule has 0 aliphatic heterocycles. The summed E-state index contributed by atoms with van der Waals surface area (Å²) < 4.78 is 66.8. The van der Waals surface area contributed by atoms with Crippen molar-refractivity contribution in [2.45, 2.75) is 19.0 Å². The van der Waals surface area contributed by atoms with Crippen molar-refractivity contribution in [3.8, 4) is 0 Å². The molecule has 0 aliphatic rings. The molecule has 0 saturated heterocycles. The molecule has 0 aromatic carbocycles. The summed E-state index contributed by atoms with van der Waals surface area (Å²) in [5.74, 6) is -0.792. The van der Waals surface area contributed by atoms with E-state index in [1.54, 1.807) is 0 Å². The first kappa shape index (κ1) is 15.8. The van der Waals surface area contributed by atoms with Crippen molar-refractivity contribution in [1.29, 1.82) is 0 Å². The Morgan fingerprint density at radius 1 is 1.47 bits per heavy atom. The summed E-state index contributed by atoms with van der Waals surface area (Å²) in [5.41, 5.74) is -3.01. The predicted molar refractivity (Wildman–Crippen MR) is 57.6 cm³/mol. The van der Waals surface area contributed by atoms with Crippen molar-refractivity contribution in [2.75, 3.05) is 7.11 Å². The molecule has 19 heavy (non-hydrogen) atoms. The summed E-state index contributed by atoms with van der Waals surface area (Å²) in [4.78, 5) is 14.4. The first-order chi connectivity index (χ1) is 8.66. The molecule has 0 spiro atoms. The van der Waals surface area contributed by atoms with E-state index >= 15 is 0 Å². The minimum absolute atomic E-state index is 0.234. The molecule has 0 fully saturated rings. The molecule has 0 aliphatic carbocycles. The van der Waals surface area contributed by atoms with Crippen molar-refractivity contribution >= 4 is 21.9 Å². The zero-order valence-corrected chi connectivity index (χ0v) is 11.0. The monoisotopic (exact) mass is 347 g/mol. The van der Waals surface area contributed by atoms with Gasteiger partial charge in [0.1, 0.15) is 4.60 Å². The fourth-order valence-corrected chi connectivity index (χ4v) is 2.03. The number of nitrogens with zero attached hydrogens (tertiary/aromatic N) is 1. The van der Waals surface area contributed by atoms with E-state index in [2.05, 4.69) is 25.7 Å². The summed E-state index contributed by atoms with van der Waals surface area (Å²) in [7, 11) is 1.06. The Labute approximate surface area is 112 Å². The van der Waals surface area contributed by atoms with E-state index in [0.717, 1.165) is 7.11 Å². The summed E-state index contributed by atoms with van der Waals surface area (Å²) in [6.45, 7) is 0. The van der Waals surface area contributed by atoms with Gasteiger partial charge in [0.25, 0.3) is 6.43 Å². The molecule has 0 amide bonds. The molecule has 0 saturated carbocycles. The Kier molecular flexibility index (Phi) is 4.83. The van der Waals surface area contributed by atoms with Crippen LogP contribution in [0.3, 0.4) is 0 Å². The largest absolute Gasteiger partial charge is 0.469 e. The molecule has 0 bridgehead atoms. The molecule has 0 N–H and O–H groups in total. The van der Waals surface area contributed by atoms with Gasteiger partial charge in [-0.05, 0) is 22.0 Å². The normalized spacial score (nSPS) is 11.8. The smallest absolute Gasteiger partial charge is 0.419 e. The van der Waals surface area contributed by atoms with Gasteiger partial charge in [-0.1, -0.05) is 0 Å². The highest BCUT2D eigenvalue weighted by Crippen LogP contribution is 2.40. The molecule has 1 aromatic rings. The first-order valence-corrected chi connectivity index (χ1v) is 5.57. The fraction of sp³-hybridized carbons (Fsp3) is 0.400. The van der Waals surface area contributed by atoms with Crippen LogP contribution in [0.1, 0.15) is 23.2 Å². The lowest BCUT2D eigenvalue weighted by Gasteiger charge is -2.15. The summed E-state index contributed by atoms with van der Waals surface area (Å²) in [6, 6.07) is 0.551. The number of hydrogen-bond acceptors (Lipinski definition) is 3. The van der Waals surface area contributed by atoms with Gasteiger partial charge >= 0.3 is 12.1 Å².